The van der Waals surface area contributed by atoms with Crippen molar-refractivity contribution >= 4 is 21.8 Å². The van der Waals surface area contributed by atoms with E-state index in [9.17, 15) is 0 Å². The van der Waals surface area contributed by atoms with Gasteiger partial charge in [0.25, 0.3) is 0 Å². The number of nitrogens with zero attached hydrogens (tertiary/aromatic N) is 2. The monoisotopic (exact) mass is 360 g/mol. The zero-order valence-electron chi connectivity index (χ0n) is 15.8. The zero-order valence-corrected chi connectivity index (χ0v) is 15.8. The van der Waals surface area contributed by atoms with Crippen molar-refractivity contribution in [1.29, 1.82) is 0 Å². The summed E-state index contributed by atoms with van der Waals surface area (Å²) >= 11 is 0. The Balaban J connectivity index is 1.56. The summed E-state index contributed by atoms with van der Waals surface area (Å²) in [5.41, 5.74) is 7.88. The first-order valence-corrected chi connectivity index (χ1v) is 9.57. The van der Waals surface area contributed by atoms with Crippen LogP contribution in [0.5, 0.6) is 0 Å². The van der Waals surface area contributed by atoms with Crippen LogP contribution < -0.4 is 0 Å². The maximum Gasteiger partial charge on any atom is 0.0714 e. The SMILES string of the molecule is Cc1cc(-c2ccccc2)c2ccc(Cc3ccc4ccccc4n3)cc2n1. The van der Waals surface area contributed by atoms with Crippen LogP contribution in [0.2, 0.25) is 0 Å². The number of pyridine rings is 2. The van der Waals surface area contributed by atoms with Gasteiger partial charge in [0.05, 0.1) is 11.0 Å². The van der Waals surface area contributed by atoms with E-state index in [1.165, 1.54) is 27.5 Å². The molecule has 134 valence electrons. The minimum absolute atomic E-state index is 0.803. The third-order valence-corrected chi connectivity index (χ3v) is 5.13. The van der Waals surface area contributed by atoms with Crippen molar-refractivity contribution in [2.45, 2.75) is 13.3 Å². The second-order valence-electron chi connectivity index (χ2n) is 7.20. The molecule has 0 unspecified atom stereocenters. The number of rotatable bonds is 3. The summed E-state index contributed by atoms with van der Waals surface area (Å²) in [6.07, 6.45) is 0.803. The minimum atomic E-state index is 0.803. The predicted octanol–water partition coefficient (Wildman–Crippen LogP) is 6.35. The summed E-state index contributed by atoms with van der Waals surface area (Å²) in [5, 5.41) is 2.36. The second kappa shape index (κ2) is 6.90. The lowest BCUT2D eigenvalue weighted by atomic mass is 9.98. The molecule has 0 saturated carbocycles. The van der Waals surface area contributed by atoms with Crippen molar-refractivity contribution in [2.24, 2.45) is 0 Å². The third-order valence-electron chi connectivity index (χ3n) is 5.13. The zero-order chi connectivity index (χ0) is 18.9. The first-order chi connectivity index (χ1) is 13.8. The van der Waals surface area contributed by atoms with E-state index in [4.69, 9.17) is 9.97 Å². The van der Waals surface area contributed by atoms with Crippen LogP contribution in [0.25, 0.3) is 32.9 Å². The van der Waals surface area contributed by atoms with E-state index < -0.39 is 0 Å². The lowest BCUT2D eigenvalue weighted by molar-refractivity contribution is 1.10. The van der Waals surface area contributed by atoms with Crippen LogP contribution >= 0.6 is 0 Å². The summed E-state index contributed by atoms with van der Waals surface area (Å²) in [7, 11) is 0. The van der Waals surface area contributed by atoms with Crippen LogP contribution in [0, 0.1) is 6.92 Å². The Bertz CT molecular complexity index is 1290. The van der Waals surface area contributed by atoms with Crippen molar-refractivity contribution in [1.82, 2.24) is 9.97 Å². The smallest absolute Gasteiger partial charge is 0.0714 e. The van der Waals surface area contributed by atoms with Gasteiger partial charge in [-0.05, 0) is 47.9 Å². The van der Waals surface area contributed by atoms with E-state index in [0.717, 1.165) is 28.8 Å². The molecule has 0 atom stereocenters. The predicted molar refractivity (Wildman–Crippen MR) is 116 cm³/mol. The maximum absolute atomic E-state index is 4.81. The van der Waals surface area contributed by atoms with Crippen LogP contribution in [0.1, 0.15) is 17.0 Å². The number of aromatic nitrogens is 2. The molecule has 0 spiro atoms. The molecule has 0 radical (unpaired) electrons. The molecule has 28 heavy (non-hydrogen) atoms. The molecule has 0 amide bonds. The van der Waals surface area contributed by atoms with E-state index >= 15 is 0 Å². The maximum atomic E-state index is 4.81. The van der Waals surface area contributed by atoms with Crippen molar-refractivity contribution < 1.29 is 0 Å². The Morgan fingerprint density at radius 1 is 0.679 bits per heavy atom. The van der Waals surface area contributed by atoms with Gasteiger partial charge in [0.15, 0.2) is 0 Å². The average molecular weight is 360 g/mol. The van der Waals surface area contributed by atoms with Gasteiger partial charge in [-0.25, -0.2) is 0 Å². The molecule has 2 heteroatoms. The highest BCUT2D eigenvalue weighted by atomic mass is 14.7. The van der Waals surface area contributed by atoms with Gasteiger partial charge in [0.2, 0.25) is 0 Å². The number of fused-ring (bicyclic) bond motifs is 2. The average Bonchev–Trinajstić information content (AvgIpc) is 2.73. The molecule has 0 aliphatic heterocycles. The fourth-order valence-electron chi connectivity index (χ4n) is 3.79. The van der Waals surface area contributed by atoms with Gasteiger partial charge >= 0.3 is 0 Å². The van der Waals surface area contributed by atoms with E-state index in [1.807, 2.05) is 12.1 Å². The molecular weight excluding hydrogens is 340 g/mol. The molecule has 3 aromatic carbocycles. The lowest BCUT2D eigenvalue weighted by Crippen LogP contribution is -1.95. The molecule has 0 bridgehead atoms. The van der Waals surface area contributed by atoms with Crippen LogP contribution in [-0.2, 0) is 6.42 Å². The van der Waals surface area contributed by atoms with Gasteiger partial charge in [-0.1, -0.05) is 66.7 Å². The Labute approximate surface area is 164 Å². The first kappa shape index (κ1) is 16.6. The Hall–Kier alpha value is -3.52. The molecule has 0 aliphatic rings. The standard InChI is InChI=1S/C26H20N2/c1-18-15-24(20-7-3-2-4-8-20)23-14-11-19(17-26(23)27-18)16-22-13-12-21-9-5-6-10-25(21)28-22/h2-15,17H,16H2,1H3. The molecule has 0 N–H and O–H groups in total. The van der Waals surface area contributed by atoms with E-state index in [0.29, 0.717) is 0 Å². The number of para-hydroxylation sites is 1. The summed E-state index contributed by atoms with van der Waals surface area (Å²) in [4.78, 5) is 9.61. The Kier molecular flexibility index (Phi) is 4.10. The van der Waals surface area contributed by atoms with Crippen molar-refractivity contribution in [3.05, 3.63) is 108 Å². The molecule has 0 aliphatic carbocycles. The molecule has 0 fully saturated rings. The molecule has 2 aromatic heterocycles. The summed E-state index contributed by atoms with van der Waals surface area (Å²) < 4.78 is 0. The summed E-state index contributed by atoms with van der Waals surface area (Å²) in [6.45, 7) is 2.06. The quantitative estimate of drug-likeness (QED) is 0.375. The number of aryl methyl sites for hydroxylation is 1. The largest absolute Gasteiger partial charge is 0.253 e. The number of hydrogen-bond acceptors (Lipinski definition) is 2. The molecule has 5 aromatic rings. The normalized spacial score (nSPS) is 11.2. The number of hydrogen-bond donors (Lipinski definition) is 0. The summed E-state index contributed by atoms with van der Waals surface area (Å²) in [6, 6.07) is 31.8. The Morgan fingerprint density at radius 3 is 2.39 bits per heavy atom. The highest BCUT2D eigenvalue weighted by molar-refractivity contribution is 5.95. The molecule has 5 rings (SSSR count). The van der Waals surface area contributed by atoms with Gasteiger partial charge in [0, 0.05) is 28.6 Å². The topological polar surface area (TPSA) is 25.8 Å². The van der Waals surface area contributed by atoms with Crippen LogP contribution in [0.4, 0.5) is 0 Å². The lowest BCUT2D eigenvalue weighted by Gasteiger charge is -2.10. The van der Waals surface area contributed by atoms with Gasteiger partial charge in [-0.15, -0.1) is 0 Å². The van der Waals surface area contributed by atoms with Crippen molar-refractivity contribution in [3.63, 3.8) is 0 Å². The highest BCUT2D eigenvalue weighted by Gasteiger charge is 2.08. The first-order valence-electron chi connectivity index (χ1n) is 9.57. The molecular formula is C26H20N2. The van der Waals surface area contributed by atoms with Crippen molar-refractivity contribution in [3.8, 4) is 11.1 Å². The van der Waals surface area contributed by atoms with Gasteiger partial charge in [-0.3, -0.25) is 9.97 Å². The second-order valence-corrected chi connectivity index (χ2v) is 7.20. The Morgan fingerprint density at radius 2 is 1.50 bits per heavy atom. The number of benzene rings is 3. The summed E-state index contributed by atoms with van der Waals surface area (Å²) in [5.74, 6) is 0. The minimum Gasteiger partial charge on any atom is -0.253 e. The van der Waals surface area contributed by atoms with Gasteiger partial charge in [0.1, 0.15) is 0 Å². The van der Waals surface area contributed by atoms with E-state index in [-0.39, 0.29) is 0 Å². The molecule has 2 heterocycles. The fraction of sp³-hybridized carbons (Fsp3) is 0.0769. The highest BCUT2D eigenvalue weighted by Crippen LogP contribution is 2.29. The van der Waals surface area contributed by atoms with Crippen LogP contribution in [-0.4, -0.2) is 9.97 Å². The molecule has 2 nitrogen and oxygen atoms in total. The van der Waals surface area contributed by atoms with E-state index in [2.05, 4.69) is 85.8 Å². The van der Waals surface area contributed by atoms with E-state index in [1.54, 1.807) is 0 Å². The van der Waals surface area contributed by atoms with Gasteiger partial charge in [-0.2, -0.15) is 0 Å². The third kappa shape index (κ3) is 3.14. The van der Waals surface area contributed by atoms with Crippen LogP contribution in [0.3, 0.4) is 0 Å². The fourth-order valence-corrected chi connectivity index (χ4v) is 3.79. The van der Waals surface area contributed by atoms with Crippen LogP contribution in [0.15, 0.2) is 91.0 Å². The van der Waals surface area contributed by atoms with Gasteiger partial charge < -0.3 is 0 Å². The van der Waals surface area contributed by atoms with Crippen molar-refractivity contribution in [2.75, 3.05) is 0 Å². The molecule has 0 saturated heterocycles.